The summed E-state index contributed by atoms with van der Waals surface area (Å²) in [7, 11) is -1.32. The first kappa shape index (κ1) is 7.97. The molecular weight excluding hydrogens is 154 g/mol. The van der Waals surface area contributed by atoms with E-state index in [2.05, 4.69) is 5.32 Å². The number of nitrogens with one attached hydrogen (secondary N) is 1. The van der Waals surface area contributed by atoms with Crippen molar-refractivity contribution in [2.24, 2.45) is 0 Å². The Morgan fingerprint density at radius 1 is 1.50 bits per heavy atom. The second kappa shape index (κ2) is 2.48. The van der Waals surface area contributed by atoms with Crippen LogP contribution in [0.3, 0.4) is 0 Å². The fourth-order valence-electron chi connectivity index (χ4n) is 1.10. The molecule has 0 radical (unpaired) electrons. The lowest BCUT2D eigenvalue weighted by molar-refractivity contribution is 0.170. The molecule has 0 aromatic heterocycles. The van der Waals surface area contributed by atoms with Gasteiger partial charge in [-0.2, -0.15) is 0 Å². The number of hydrogen-bond acceptors (Lipinski definition) is 4. The largest absolute Gasteiger partial charge is 0.390 e. The van der Waals surface area contributed by atoms with Gasteiger partial charge in [0.2, 0.25) is 0 Å². The third-order valence-corrected chi connectivity index (χ3v) is 3.41. The Morgan fingerprint density at radius 2 is 2.10 bits per heavy atom. The van der Waals surface area contributed by atoms with E-state index in [1.54, 1.807) is 7.05 Å². The van der Waals surface area contributed by atoms with Gasteiger partial charge in [-0.1, -0.05) is 0 Å². The van der Waals surface area contributed by atoms with Gasteiger partial charge < -0.3 is 10.4 Å². The summed E-state index contributed by atoms with van der Waals surface area (Å²) in [4.78, 5) is 0. The molecule has 2 atom stereocenters. The van der Waals surface area contributed by atoms with Gasteiger partial charge in [-0.25, -0.2) is 8.42 Å². The van der Waals surface area contributed by atoms with Gasteiger partial charge in [0, 0.05) is 6.04 Å². The van der Waals surface area contributed by atoms with E-state index in [9.17, 15) is 8.42 Å². The van der Waals surface area contributed by atoms with Crippen molar-refractivity contribution in [1.82, 2.24) is 5.32 Å². The van der Waals surface area contributed by atoms with Crippen LogP contribution in [0.25, 0.3) is 0 Å². The smallest absolute Gasteiger partial charge is 0.154 e. The van der Waals surface area contributed by atoms with Crippen molar-refractivity contribution in [2.75, 3.05) is 18.6 Å². The first-order valence-corrected chi connectivity index (χ1v) is 4.93. The Hall–Kier alpha value is -0.130. The lowest BCUT2D eigenvalue weighted by atomic mass is 10.2. The normalized spacial score (nSPS) is 38.2. The maximum atomic E-state index is 10.8. The lowest BCUT2D eigenvalue weighted by Gasteiger charge is -2.09. The fraction of sp³-hybridized carbons (Fsp3) is 1.00. The van der Waals surface area contributed by atoms with Crippen molar-refractivity contribution < 1.29 is 13.5 Å². The van der Waals surface area contributed by atoms with Gasteiger partial charge in [-0.15, -0.1) is 0 Å². The summed E-state index contributed by atoms with van der Waals surface area (Å²) >= 11 is 0. The maximum Gasteiger partial charge on any atom is 0.154 e. The number of sulfone groups is 1. The molecule has 5 heteroatoms. The molecule has 1 heterocycles. The van der Waals surface area contributed by atoms with Crippen molar-refractivity contribution in [3.05, 3.63) is 0 Å². The molecule has 0 amide bonds. The highest BCUT2D eigenvalue weighted by Gasteiger charge is 2.34. The number of rotatable bonds is 1. The molecule has 1 aliphatic heterocycles. The summed E-state index contributed by atoms with van der Waals surface area (Å²) in [5.41, 5.74) is 0. The molecule has 0 aliphatic carbocycles. The van der Waals surface area contributed by atoms with Gasteiger partial charge in [-0.3, -0.25) is 0 Å². The molecule has 10 heavy (non-hydrogen) atoms. The van der Waals surface area contributed by atoms with Crippen LogP contribution >= 0.6 is 0 Å². The zero-order chi connectivity index (χ0) is 7.78. The van der Waals surface area contributed by atoms with Gasteiger partial charge in [0.05, 0.1) is 17.6 Å². The highest BCUT2D eigenvalue weighted by Crippen LogP contribution is 2.11. The highest BCUT2D eigenvalue weighted by atomic mass is 32.2. The van der Waals surface area contributed by atoms with Crippen LogP contribution in [0.4, 0.5) is 0 Å². The average Bonchev–Trinajstić information content (AvgIpc) is 2.05. The average molecular weight is 165 g/mol. The van der Waals surface area contributed by atoms with Crippen LogP contribution in [0.1, 0.15) is 0 Å². The van der Waals surface area contributed by atoms with Crippen molar-refractivity contribution in [3.63, 3.8) is 0 Å². The molecule has 0 saturated carbocycles. The van der Waals surface area contributed by atoms with E-state index < -0.39 is 15.9 Å². The van der Waals surface area contributed by atoms with Crippen LogP contribution in [0, 0.1) is 0 Å². The molecule has 0 spiro atoms. The van der Waals surface area contributed by atoms with E-state index >= 15 is 0 Å². The standard InChI is InChI=1S/C5H11NO3S/c1-6-4-2-10(8,9)3-5(4)7/h4-7H,2-3H2,1H3/t4-,5-/m0/s1. The Balaban J connectivity index is 2.71. The van der Waals surface area contributed by atoms with E-state index in [0.717, 1.165) is 0 Å². The Bertz CT molecular complexity index is 211. The molecule has 0 aromatic carbocycles. The highest BCUT2D eigenvalue weighted by molar-refractivity contribution is 7.91. The maximum absolute atomic E-state index is 10.8. The third-order valence-electron chi connectivity index (χ3n) is 1.69. The number of aliphatic hydroxyl groups excluding tert-OH is 1. The zero-order valence-electron chi connectivity index (χ0n) is 5.74. The van der Waals surface area contributed by atoms with E-state index in [0.29, 0.717) is 0 Å². The molecular formula is C5H11NO3S. The van der Waals surface area contributed by atoms with E-state index in [-0.39, 0.29) is 17.5 Å². The van der Waals surface area contributed by atoms with E-state index in [1.165, 1.54) is 0 Å². The summed E-state index contributed by atoms with van der Waals surface area (Å²) in [6, 6.07) is -0.273. The van der Waals surface area contributed by atoms with Crippen LogP contribution < -0.4 is 5.32 Å². The summed E-state index contributed by atoms with van der Waals surface area (Å²) in [6.07, 6.45) is -0.727. The molecule has 0 bridgehead atoms. The second-order valence-corrected chi connectivity index (χ2v) is 4.69. The second-order valence-electron chi connectivity index (χ2n) is 2.54. The predicted octanol–water partition coefficient (Wildman–Crippen LogP) is -1.64. The minimum atomic E-state index is -2.97. The first-order chi connectivity index (χ1) is 4.55. The molecule has 1 aliphatic rings. The molecule has 4 nitrogen and oxygen atoms in total. The first-order valence-electron chi connectivity index (χ1n) is 3.11. The van der Waals surface area contributed by atoms with Gasteiger partial charge in [-0.05, 0) is 7.05 Å². The van der Waals surface area contributed by atoms with Crippen molar-refractivity contribution in [1.29, 1.82) is 0 Å². The molecule has 2 N–H and O–H groups in total. The molecule has 0 unspecified atom stereocenters. The number of aliphatic hydroxyl groups is 1. The zero-order valence-corrected chi connectivity index (χ0v) is 6.56. The summed E-state index contributed by atoms with van der Waals surface area (Å²) in [5, 5.41) is 11.8. The number of hydrogen-bond donors (Lipinski definition) is 2. The SMILES string of the molecule is CN[C@H]1CS(=O)(=O)C[C@@H]1O. The third kappa shape index (κ3) is 1.47. The topological polar surface area (TPSA) is 66.4 Å². The predicted molar refractivity (Wildman–Crippen MR) is 37.5 cm³/mol. The summed E-state index contributed by atoms with van der Waals surface area (Å²) in [5.74, 6) is -0.0385. The molecule has 1 saturated heterocycles. The van der Waals surface area contributed by atoms with Gasteiger partial charge in [0.15, 0.2) is 9.84 Å². The molecule has 1 rings (SSSR count). The Kier molecular flexibility index (Phi) is 1.98. The van der Waals surface area contributed by atoms with E-state index in [1.807, 2.05) is 0 Å². The lowest BCUT2D eigenvalue weighted by Crippen LogP contribution is -2.35. The molecule has 1 fully saturated rings. The van der Waals surface area contributed by atoms with Crippen molar-refractivity contribution in [3.8, 4) is 0 Å². The quantitative estimate of drug-likeness (QED) is 0.489. The Labute approximate surface area is 60.2 Å². The Morgan fingerprint density at radius 3 is 2.30 bits per heavy atom. The summed E-state index contributed by atoms with van der Waals surface area (Å²) in [6.45, 7) is 0. The van der Waals surface area contributed by atoms with Crippen LogP contribution in [-0.4, -0.2) is 44.2 Å². The monoisotopic (exact) mass is 165 g/mol. The fourth-order valence-corrected chi connectivity index (χ4v) is 2.93. The van der Waals surface area contributed by atoms with Crippen molar-refractivity contribution in [2.45, 2.75) is 12.1 Å². The van der Waals surface area contributed by atoms with Crippen LogP contribution in [0.5, 0.6) is 0 Å². The van der Waals surface area contributed by atoms with Crippen molar-refractivity contribution >= 4 is 9.84 Å². The minimum Gasteiger partial charge on any atom is -0.390 e. The minimum absolute atomic E-state index is 0.0602. The molecule has 60 valence electrons. The summed E-state index contributed by atoms with van der Waals surface area (Å²) < 4.78 is 21.6. The van der Waals surface area contributed by atoms with Crippen LogP contribution in [0.15, 0.2) is 0 Å². The van der Waals surface area contributed by atoms with E-state index in [4.69, 9.17) is 5.11 Å². The van der Waals surface area contributed by atoms with Crippen LogP contribution in [-0.2, 0) is 9.84 Å². The molecule has 0 aromatic rings. The van der Waals surface area contributed by atoms with Gasteiger partial charge in [0.25, 0.3) is 0 Å². The van der Waals surface area contributed by atoms with Gasteiger partial charge in [0.1, 0.15) is 0 Å². The number of likely N-dealkylation sites (N-methyl/N-ethyl adjacent to an activating group) is 1. The van der Waals surface area contributed by atoms with Crippen LogP contribution in [0.2, 0.25) is 0 Å². The van der Waals surface area contributed by atoms with Gasteiger partial charge >= 0.3 is 0 Å².